The predicted octanol–water partition coefficient (Wildman–Crippen LogP) is 3.06. The summed E-state index contributed by atoms with van der Waals surface area (Å²) >= 11 is 2.00. The summed E-state index contributed by atoms with van der Waals surface area (Å²) in [4.78, 5) is 11.5. The second-order valence-corrected chi connectivity index (χ2v) is 5.72. The van der Waals surface area contributed by atoms with E-state index in [0.717, 1.165) is 12.1 Å². The van der Waals surface area contributed by atoms with Gasteiger partial charge < -0.3 is 10.1 Å². The lowest BCUT2D eigenvalue weighted by Crippen LogP contribution is -2.31. The van der Waals surface area contributed by atoms with Crippen LogP contribution in [0.5, 0.6) is 0 Å². The molecule has 1 fully saturated rings. The average molecular weight is 265 g/mol. The Hall–Kier alpha value is -1.16. The van der Waals surface area contributed by atoms with Crippen molar-refractivity contribution >= 4 is 17.9 Å². The molecule has 1 N–H and O–H groups in total. The number of amides is 1. The van der Waals surface area contributed by atoms with Crippen LogP contribution in [-0.2, 0) is 11.3 Å². The van der Waals surface area contributed by atoms with Gasteiger partial charge in [-0.2, -0.15) is 11.8 Å². The molecule has 98 valence electrons. The summed E-state index contributed by atoms with van der Waals surface area (Å²) in [5.41, 5.74) is 1.02. The van der Waals surface area contributed by atoms with Gasteiger partial charge in [-0.3, -0.25) is 0 Å². The lowest BCUT2D eigenvalue weighted by molar-refractivity contribution is 0.137. The minimum atomic E-state index is -0.308. The molecule has 1 saturated heterocycles. The van der Waals surface area contributed by atoms with Gasteiger partial charge in [0.2, 0.25) is 0 Å². The Kier molecular flexibility index (Phi) is 5.39. The first-order valence-electron chi connectivity index (χ1n) is 6.37. The summed E-state index contributed by atoms with van der Waals surface area (Å²) in [7, 11) is 0. The molecule has 3 nitrogen and oxygen atoms in total. The van der Waals surface area contributed by atoms with Crippen molar-refractivity contribution in [3.63, 3.8) is 0 Å². The molecule has 1 aliphatic rings. The number of carbonyl (C=O) groups is 1. The molecule has 18 heavy (non-hydrogen) atoms. The summed E-state index contributed by atoms with van der Waals surface area (Å²) in [6.07, 6.45) is 2.09. The highest BCUT2D eigenvalue weighted by molar-refractivity contribution is 7.99. The summed E-state index contributed by atoms with van der Waals surface area (Å²) in [6.45, 7) is 1.08. The molecule has 1 aromatic rings. The number of ether oxygens (including phenoxy) is 1. The van der Waals surface area contributed by atoms with Crippen LogP contribution in [0.2, 0.25) is 0 Å². The highest BCUT2D eigenvalue weighted by atomic mass is 32.2. The Balaban J connectivity index is 1.63. The molecular weight excluding hydrogens is 246 g/mol. The Morgan fingerprint density at radius 3 is 2.72 bits per heavy atom. The van der Waals surface area contributed by atoms with E-state index in [1.807, 2.05) is 42.1 Å². The molecule has 0 aromatic heterocycles. The molecule has 0 atom stereocenters. The molecule has 0 spiro atoms. The third-order valence-electron chi connectivity index (χ3n) is 3.09. The van der Waals surface area contributed by atoms with Crippen LogP contribution < -0.4 is 5.32 Å². The van der Waals surface area contributed by atoms with Crippen molar-refractivity contribution in [1.82, 2.24) is 5.32 Å². The average Bonchev–Trinajstić information content (AvgIpc) is 2.45. The number of nitrogens with one attached hydrogen (secondary N) is 1. The SMILES string of the molecule is O=C(NCC1CCSCC1)OCc1ccccc1. The Labute approximate surface area is 112 Å². The molecule has 0 unspecified atom stereocenters. The second-order valence-electron chi connectivity index (χ2n) is 4.50. The molecular formula is C14H19NO2S. The summed E-state index contributed by atoms with van der Waals surface area (Å²) in [5.74, 6) is 3.05. The molecule has 0 aliphatic carbocycles. The van der Waals surface area contributed by atoms with E-state index in [0.29, 0.717) is 12.5 Å². The van der Waals surface area contributed by atoms with Gasteiger partial charge >= 0.3 is 6.09 Å². The van der Waals surface area contributed by atoms with Crippen molar-refractivity contribution in [2.45, 2.75) is 19.4 Å². The first-order valence-corrected chi connectivity index (χ1v) is 7.52. The van der Waals surface area contributed by atoms with Crippen LogP contribution in [0.25, 0.3) is 0 Å². The van der Waals surface area contributed by atoms with Gasteiger partial charge in [0.15, 0.2) is 0 Å². The lowest BCUT2D eigenvalue weighted by atomic mass is 10.0. The summed E-state index contributed by atoms with van der Waals surface area (Å²) < 4.78 is 5.16. The topological polar surface area (TPSA) is 38.3 Å². The smallest absolute Gasteiger partial charge is 0.407 e. The first kappa shape index (κ1) is 13.3. The number of carbonyl (C=O) groups excluding carboxylic acids is 1. The number of alkyl carbamates (subject to hydrolysis) is 1. The van der Waals surface area contributed by atoms with E-state index in [4.69, 9.17) is 4.74 Å². The van der Waals surface area contributed by atoms with Crippen molar-refractivity contribution in [3.8, 4) is 0 Å². The molecule has 1 amide bonds. The summed E-state index contributed by atoms with van der Waals surface area (Å²) in [6, 6.07) is 9.73. The number of rotatable bonds is 4. The zero-order valence-electron chi connectivity index (χ0n) is 10.4. The molecule has 1 aromatic carbocycles. The van der Waals surface area contributed by atoms with E-state index in [1.54, 1.807) is 0 Å². The van der Waals surface area contributed by atoms with Crippen molar-refractivity contribution in [1.29, 1.82) is 0 Å². The first-order chi connectivity index (χ1) is 8.84. The number of thioether (sulfide) groups is 1. The fourth-order valence-corrected chi connectivity index (χ4v) is 3.16. The van der Waals surface area contributed by atoms with Crippen molar-refractivity contribution in [2.24, 2.45) is 5.92 Å². The molecule has 1 heterocycles. The fourth-order valence-electron chi connectivity index (χ4n) is 1.95. The normalized spacial score (nSPS) is 16.2. The maximum absolute atomic E-state index is 11.5. The van der Waals surface area contributed by atoms with E-state index >= 15 is 0 Å². The van der Waals surface area contributed by atoms with Crippen LogP contribution in [0.15, 0.2) is 30.3 Å². The van der Waals surface area contributed by atoms with Crippen molar-refractivity contribution < 1.29 is 9.53 Å². The Bertz CT molecular complexity index is 363. The van der Waals surface area contributed by atoms with Gasteiger partial charge in [-0.15, -0.1) is 0 Å². The largest absolute Gasteiger partial charge is 0.445 e. The second kappa shape index (κ2) is 7.31. The minimum absolute atomic E-state index is 0.308. The number of hydrogen-bond acceptors (Lipinski definition) is 3. The molecule has 0 radical (unpaired) electrons. The van der Waals surface area contributed by atoms with E-state index in [-0.39, 0.29) is 6.09 Å². The van der Waals surface area contributed by atoms with Gasteiger partial charge in [0, 0.05) is 6.54 Å². The van der Waals surface area contributed by atoms with Crippen LogP contribution in [-0.4, -0.2) is 24.1 Å². The maximum Gasteiger partial charge on any atom is 0.407 e. The quantitative estimate of drug-likeness (QED) is 0.909. The van der Waals surface area contributed by atoms with Gasteiger partial charge in [0.25, 0.3) is 0 Å². The van der Waals surface area contributed by atoms with E-state index < -0.39 is 0 Å². The van der Waals surface area contributed by atoms with Gasteiger partial charge in [0.1, 0.15) is 6.61 Å². The van der Waals surface area contributed by atoms with Gasteiger partial charge in [-0.05, 0) is 35.8 Å². The molecule has 0 bridgehead atoms. The third kappa shape index (κ3) is 4.61. The molecule has 1 aliphatic heterocycles. The van der Waals surface area contributed by atoms with Gasteiger partial charge in [0.05, 0.1) is 0 Å². The summed E-state index contributed by atoms with van der Waals surface area (Å²) in [5, 5.41) is 2.85. The predicted molar refractivity (Wildman–Crippen MR) is 74.7 cm³/mol. The lowest BCUT2D eigenvalue weighted by Gasteiger charge is -2.21. The number of hydrogen-bond donors (Lipinski definition) is 1. The standard InChI is InChI=1S/C14H19NO2S/c16-14(15-10-12-6-8-18-9-7-12)17-11-13-4-2-1-3-5-13/h1-5,12H,6-11H2,(H,15,16). The highest BCUT2D eigenvalue weighted by Crippen LogP contribution is 2.21. The Morgan fingerprint density at radius 2 is 2.00 bits per heavy atom. The minimum Gasteiger partial charge on any atom is -0.445 e. The van der Waals surface area contributed by atoms with Crippen LogP contribution in [0, 0.1) is 5.92 Å². The van der Waals surface area contributed by atoms with Gasteiger partial charge in [-0.1, -0.05) is 30.3 Å². The highest BCUT2D eigenvalue weighted by Gasteiger charge is 2.14. The molecule has 0 saturated carbocycles. The van der Waals surface area contributed by atoms with Crippen LogP contribution in [0.1, 0.15) is 18.4 Å². The van der Waals surface area contributed by atoms with Gasteiger partial charge in [-0.25, -0.2) is 4.79 Å². The molecule has 4 heteroatoms. The molecule has 2 rings (SSSR count). The zero-order chi connectivity index (χ0) is 12.6. The van der Waals surface area contributed by atoms with E-state index in [1.165, 1.54) is 24.3 Å². The van der Waals surface area contributed by atoms with Crippen molar-refractivity contribution in [2.75, 3.05) is 18.1 Å². The fraction of sp³-hybridized carbons (Fsp3) is 0.500. The zero-order valence-corrected chi connectivity index (χ0v) is 11.2. The van der Waals surface area contributed by atoms with Crippen LogP contribution in [0.3, 0.4) is 0 Å². The van der Waals surface area contributed by atoms with Crippen molar-refractivity contribution in [3.05, 3.63) is 35.9 Å². The van der Waals surface area contributed by atoms with E-state index in [2.05, 4.69) is 5.32 Å². The van der Waals surface area contributed by atoms with Crippen LogP contribution in [0.4, 0.5) is 4.79 Å². The van der Waals surface area contributed by atoms with E-state index in [9.17, 15) is 4.79 Å². The Morgan fingerprint density at radius 1 is 1.28 bits per heavy atom. The monoisotopic (exact) mass is 265 g/mol. The van der Waals surface area contributed by atoms with Crippen LogP contribution >= 0.6 is 11.8 Å². The number of benzene rings is 1. The maximum atomic E-state index is 11.5. The third-order valence-corrected chi connectivity index (χ3v) is 4.14.